The van der Waals surface area contributed by atoms with E-state index in [1.807, 2.05) is 54.6 Å². The van der Waals surface area contributed by atoms with Crippen LogP contribution in [-0.2, 0) is 4.79 Å². The van der Waals surface area contributed by atoms with Gasteiger partial charge in [0.2, 0.25) is 0 Å². The number of carbonyl (C=O) groups is 1. The highest BCUT2D eigenvalue weighted by atomic mass is 16.6. The van der Waals surface area contributed by atoms with E-state index in [0.29, 0.717) is 0 Å². The van der Waals surface area contributed by atoms with Crippen molar-refractivity contribution in [2.45, 2.75) is 18.4 Å². The van der Waals surface area contributed by atoms with E-state index in [4.69, 9.17) is 0 Å². The predicted octanol–water partition coefficient (Wildman–Crippen LogP) is 2.02. The van der Waals surface area contributed by atoms with Gasteiger partial charge in [0.05, 0.1) is 0 Å². The van der Waals surface area contributed by atoms with E-state index >= 15 is 0 Å². The van der Waals surface area contributed by atoms with E-state index in [2.05, 4.69) is 16.7 Å². The number of benzene rings is 3. The van der Waals surface area contributed by atoms with Crippen LogP contribution in [0.15, 0.2) is 60.7 Å². The van der Waals surface area contributed by atoms with Crippen LogP contribution >= 0.6 is 0 Å². The number of hydrogen-bond donors (Lipinski definition) is 3. The Hall–Kier alpha value is -3.29. The van der Waals surface area contributed by atoms with Crippen molar-refractivity contribution in [2.75, 3.05) is 0 Å². The van der Waals surface area contributed by atoms with E-state index in [0.717, 1.165) is 27.1 Å². The van der Waals surface area contributed by atoms with Crippen molar-refractivity contribution in [2.24, 2.45) is 0 Å². The molecule has 1 amide bonds. The fourth-order valence-electron chi connectivity index (χ4n) is 3.43. The molecule has 4 rings (SSSR count). The monoisotopic (exact) mass is 363 g/mol. The van der Waals surface area contributed by atoms with Gasteiger partial charge >= 0.3 is 11.9 Å². The van der Waals surface area contributed by atoms with Crippen molar-refractivity contribution in [3.8, 4) is 0 Å². The second-order valence-corrected chi connectivity index (χ2v) is 6.42. The van der Waals surface area contributed by atoms with Crippen molar-refractivity contribution in [1.29, 1.82) is 0 Å². The fourth-order valence-corrected chi connectivity index (χ4v) is 3.43. The standard InChI is InChI=1S/C20H17N3O4/c24-19-18(23(26)27)20(25)22-17(21-19)10-9-16-14-7-3-1-5-12(14)11-13-6-2-4-8-15(13)16/h1-11,17-19,21,24H,(H,22,25)/b10-9+. The topological polar surface area (TPSA) is 104 Å². The van der Waals surface area contributed by atoms with E-state index in [-0.39, 0.29) is 0 Å². The molecule has 0 aromatic heterocycles. The van der Waals surface area contributed by atoms with Crippen LogP contribution in [0.25, 0.3) is 27.6 Å². The average molecular weight is 363 g/mol. The lowest BCUT2D eigenvalue weighted by atomic mass is 9.96. The van der Waals surface area contributed by atoms with Crippen LogP contribution in [-0.4, -0.2) is 34.4 Å². The van der Waals surface area contributed by atoms with Crippen molar-refractivity contribution in [1.82, 2.24) is 10.6 Å². The summed E-state index contributed by atoms with van der Waals surface area (Å²) < 4.78 is 0. The van der Waals surface area contributed by atoms with Gasteiger partial charge in [-0.25, -0.2) is 0 Å². The molecule has 0 spiro atoms. The lowest BCUT2D eigenvalue weighted by molar-refractivity contribution is -0.522. The Morgan fingerprint density at radius 2 is 1.63 bits per heavy atom. The molecule has 1 aliphatic heterocycles. The summed E-state index contributed by atoms with van der Waals surface area (Å²) in [6.45, 7) is 0. The molecule has 0 radical (unpaired) electrons. The minimum Gasteiger partial charge on any atom is -0.371 e. The van der Waals surface area contributed by atoms with Crippen LogP contribution in [0.2, 0.25) is 0 Å². The number of aliphatic hydroxyl groups excluding tert-OH is 1. The van der Waals surface area contributed by atoms with Crippen LogP contribution in [0.5, 0.6) is 0 Å². The van der Waals surface area contributed by atoms with Gasteiger partial charge in [0.1, 0.15) is 6.17 Å². The number of aliphatic hydroxyl groups is 1. The Labute approximate surface area is 154 Å². The Kier molecular flexibility index (Phi) is 4.31. The lowest BCUT2D eigenvalue weighted by Crippen LogP contribution is -2.65. The molecule has 3 atom stereocenters. The molecule has 7 heteroatoms. The number of fused-ring (bicyclic) bond motifs is 2. The van der Waals surface area contributed by atoms with Gasteiger partial charge in [-0.15, -0.1) is 0 Å². The van der Waals surface area contributed by atoms with E-state index < -0.39 is 29.3 Å². The summed E-state index contributed by atoms with van der Waals surface area (Å²) in [6.07, 6.45) is 1.29. The molecule has 3 N–H and O–H groups in total. The summed E-state index contributed by atoms with van der Waals surface area (Å²) in [5.74, 6) is -0.816. The number of rotatable bonds is 3. The Morgan fingerprint density at radius 3 is 2.19 bits per heavy atom. The molecule has 0 bridgehead atoms. The van der Waals surface area contributed by atoms with Gasteiger partial charge in [0, 0.05) is 4.92 Å². The summed E-state index contributed by atoms with van der Waals surface area (Å²) in [6, 6.07) is 16.4. The van der Waals surface area contributed by atoms with Crippen LogP contribution in [0.1, 0.15) is 5.56 Å². The van der Waals surface area contributed by atoms with Gasteiger partial charge in [-0.1, -0.05) is 54.6 Å². The van der Waals surface area contributed by atoms with E-state index in [9.17, 15) is 20.0 Å². The van der Waals surface area contributed by atoms with Gasteiger partial charge < -0.3 is 10.4 Å². The number of hydrogen-bond acceptors (Lipinski definition) is 5. The zero-order chi connectivity index (χ0) is 19.0. The van der Waals surface area contributed by atoms with Crippen molar-refractivity contribution in [3.05, 3.63) is 76.4 Å². The summed E-state index contributed by atoms with van der Waals surface area (Å²) >= 11 is 0. The predicted molar refractivity (Wildman–Crippen MR) is 102 cm³/mol. The fraction of sp³-hybridized carbons (Fsp3) is 0.150. The first kappa shape index (κ1) is 17.1. The molecule has 1 saturated heterocycles. The smallest absolute Gasteiger partial charge is 0.328 e. The first-order chi connectivity index (χ1) is 13.0. The van der Waals surface area contributed by atoms with Gasteiger partial charge in [0.15, 0.2) is 6.23 Å². The van der Waals surface area contributed by atoms with E-state index in [1.165, 1.54) is 0 Å². The number of carbonyl (C=O) groups excluding carboxylic acids is 1. The normalized spacial score (nSPS) is 23.0. The maximum atomic E-state index is 11.9. The molecular weight excluding hydrogens is 346 g/mol. The maximum Gasteiger partial charge on any atom is 0.328 e. The Bertz CT molecular complexity index is 1030. The second kappa shape index (κ2) is 6.79. The minimum absolute atomic E-state index is 0.707. The summed E-state index contributed by atoms with van der Waals surface area (Å²) in [7, 11) is 0. The van der Waals surface area contributed by atoms with Crippen LogP contribution < -0.4 is 10.6 Å². The molecule has 3 aromatic carbocycles. The first-order valence-corrected chi connectivity index (χ1v) is 8.51. The highest BCUT2D eigenvalue weighted by Crippen LogP contribution is 2.29. The summed E-state index contributed by atoms with van der Waals surface area (Å²) in [4.78, 5) is 22.0. The number of nitrogens with zero attached hydrogens (tertiary/aromatic N) is 1. The van der Waals surface area contributed by atoms with Gasteiger partial charge in [-0.05, 0) is 39.3 Å². The quantitative estimate of drug-likeness (QED) is 0.375. The van der Waals surface area contributed by atoms with E-state index in [1.54, 1.807) is 6.08 Å². The van der Waals surface area contributed by atoms with Crippen LogP contribution in [0.4, 0.5) is 0 Å². The third kappa shape index (κ3) is 3.14. The number of nitro groups is 1. The van der Waals surface area contributed by atoms with Gasteiger partial charge in [0.25, 0.3) is 0 Å². The van der Waals surface area contributed by atoms with Gasteiger partial charge in [-0.3, -0.25) is 20.2 Å². The van der Waals surface area contributed by atoms with Gasteiger partial charge in [-0.2, -0.15) is 0 Å². The third-order valence-corrected chi connectivity index (χ3v) is 4.71. The average Bonchev–Trinajstić information content (AvgIpc) is 2.64. The third-order valence-electron chi connectivity index (χ3n) is 4.71. The largest absolute Gasteiger partial charge is 0.371 e. The Morgan fingerprint density at radius 1 is 1.04 bits per heavy atom. The molecule has 136 valence electrons. The molecule has 0 saturated carbocycles. The molecule has 1 aliphatic rings. The summed E-state index contributed by atoms with van der Waals surface area (Å²) in [5.41, 5.74) is 0.977. The zero-order valence-corrected chi connectivity index (χ0v) is 14.2. The second-order valence-electron chi connectivity index (χ2n) is 6.42. The molecule has 3 aromatic rings. The molecule has 1 fully saturated rings. The van der Waals surface area contributed by atoms with Crippen LogP contribution in [0.3, 0.4) is 0 Å². The van der Waals surface area contributed by atoms with Crippen molar-refractivity contribution in [3.63, 3.8) is 0 Å². The highest BCUT2D eigenvalue weighted by molar-refractivity contribution is 6.06. The highest BCUT2D eigenvalue weighted by Gasteiger charge is 2.43. The maximum absolute atomic E-state index is 11.9. The van der Waals surface area contributed by atoms with Crippen molar-refractivity contribution < 1.29 is 14.8 Å². The minimum atomic E-state index is -1.71. The molecule has 27 heavy (non-hydrogen) atoms. The number of amides is 1. The molecular formula is C20H17N3O4. The van der Waals surface area contributed by atoms with Crippen molar-refractivity contribution >= 4 is 33.5 Å². The zero-order valence-electron chi connectivity index (χ0n) is 14.2. The SMILES string of the molecule is O=C1NC(/C=C/c2c3ccccc3cc3ccccc23)NC(O)C1[N+](=O)[O-]. The molecule has 1 heterocycles. The summed E-state index contributed by atoms with van der Waals surface area (Å²) in [5, 5.41) is 30.2. The molecule has 3 unspecified atom stereocenters. The molecule has 0 aliphatic carbocycles. The Balaban J connectivity index is 1.72. The molecule has 7 nitrogen and oxygen atoms in total. The van der Waals surface area contributed by atoms with Crippen LogP contribution in [0, 0.1) is 10.1 Å². The lowest BCUT2D eigenvalue weighted by Gasteiger charge is -2.28. The number of nitrogens with one attached hydrogen (secondary N) is 2. The first-order valence-electron chi connectivity index (χ1n) is 8.51.